The topological polar surface area (TPSA) is 95.8 Å². The molecule has 0 radical (unpaired) electrons. The third kappa shape index (κ3) is 4.10. The molecule has 3 heterocycles. The van der Waals surface area contributed by atoms with Crippen molar-refractivity contribution >= 4 is 28.8 Å². The van der Waals surface area contributed by atoms with Crippen LogP contribution in [0.25, 0.3) is 17.0 Å². The third-order valence-electron chi connectivity index (χ3n) is 6.34. The van der Waals surface area contributed by atoms with E-state index in [1.165, 1.54) is 28.6 Å². The summed E-state index contributed by atoms with van der Waals surface area (Å²) < 4.78 is 8.52. The molecule has 0 bridgehead atoms. The fourth-order valence-corrected chi connectivity index (χ4v) is 4.86. The number of nitrogens with zero attached hydrogens (tertiary/aromatic N) is 2. The first-order chi connectivity index (χ1) is 16.0. The number of hydrogen-bond acceptors (Lipinski definition) is 5. The molecule has 1 saturated heterocycles. The molecule has 2 aliphatic rings. The first kappa shape index (κ1) is 21.2. The molecule has 1 spiro atoms. The van der Waals surface area contributed by atoms with Crippen molar-refractivity contribution in [1.82, 2.24) is 20.3 Å². The zero-order valence-corrected chi connectivity index (χ0v) is 18.4. The van der Waals surface area contributed by atoms with Crippen molar-refractivity contribution in [3.63, 3.8) is 0 Å². The summed E-state index contributed by atoms with van der Waals surface area (Å²) in [6, 6.07) is 13.6. The van der Waals surface area contributed by atoms with Gasteiger partial charge < -0.3 is 14.6 Å². The molecule has 0 saturated carbocycles. The first-order valence-corrected chi connectivity index (χ1v) is 11.0. The predicted octanol–water partition coefficient (Wildman–Crippen LogP) is 2.81. The molecule has 2 aliphatic heterocycles. The number of fused-ring (bicyclic) bond motifs is 2. The van der Waals surface area contributed by atoms with E-state index in [9.17, 15) is 9.59 Å². The Kier molecular flexibility index (Phi) is 5.39. The van der Waals surface area contributed by atoms with Gasteiger partial charge in [-0.1, -0.05) is 24.3 Å². The summed E-state index contributed by atoms with van der Waals surface area (Å²) in [5.74, 6) is -0.291. The summed E-state index contributed by atoms with van der Waals surface area (Å²) in [6.45, 7) is 2.32. The number of carbonyl (C=O) groups excluding carboxylic acids is 2. The second kappa shape index (κ2) is 8.38. The molecule has 1 fully saturated rings. The van der Waals surface area contributed by atoms with Gasteiger partial charge in [0.1, 0.15) is 5.75 Å². The summed E-state index contributed by atoms with van der Waals surface area (Å²) in [5, 5.41) is 13.0. The lowest BCUT2D eigenvalue weighted by Gasteiger charge is -2.45. The van der Waals surface area contributed by atoms with Gasteiger partial charge in [0.05, 0.1) is 12.1 Å². The minimum absolute atomic E-state index is 0.190. The minimum atomic E-state index is -0.763. The molecule has 3 aromatic rings. The van der Waals surface area contributed by atoms with Crippen molar-refractivity contribution in [3.05, 3.63) is 71.4 Å². The molecule has 1 unspecified atom stereocenters. The molecule has 2 aromatic carbocycles. The van der Waals surface area contributed by atoms with Gasteiger partial charge in [-0.3, -0.25) is 19.7 Å². The summed E-state index contributed by atoms with van der Waals surface area (Å²) in [6.07, 6.45) is 6.54. The Morgan fingerprint density at radius 2 is 2.15 bits per heavy atom. The van der Waals surface area contributed by atoms with Crippen molar-refractivity contribution < 1.29 is 19.5 Å². The van der Waals surface area contributed by atoms with E-state index in [1.807, 2.05) is 6.07 Å². The fraction of sp³-hybridized carbons (Fsp3) is 0.280. The molecule has 2 amide bonds. The average Bonchev–Trinajstić information content (AvgIpc) is 3.13. The Labute approximate surface area is 191 Å². The van der Waals surface area contributed by atoms with Gasteiger partial charge in [-0.2, -0.15) is 0 Å². The number of hydroxylamine groups is 1. The Hall–Kier alpha value is -3.62. The van der Waals surface area contributed by atoms with Crippen molar-refractivity contribution in [2.75, 3.05) is 13.1 Å². The van der Waals surface area contributed by atoms with Crippen molar-refractivity contribution in [2.24, 2.45) is 7.05 Å². The van der Waals surface area contributed by atoms with E-state index in [4.69, 9.17) is 9.94 Å². The largest absolute Gasteiger partial charge is 0.466 e. The number of likely N-dealkylation sites (tertiary alicyclic amines) is 1. The zero-order valence-electron chi connectivity index (χ0n) is 18.4. The van der Waals surface area contributed by atoms with Crippen LogP contribution in [0.5, 0.6) is 5.75 Å². The van der Waals surface area contributed by atoms with Crippen LogP contribution in [0.1, 0.15) is 34.3 Å². The second-order valence-electron chi connectivity index (χ2n) is 8.71. The van der Waals surface area contributed by atoms with Crippen LogP contribution in [0.3, 0.4) is 0 Å². The second-order valence-corrected chi connectivity index (χ2v) is 8.71. The summed E-state index contributed by atoms with van der Waals surface area (Å²) >= 11 is 0. The van der Waals surface area contributed by atoms with Crippen LogP contribution in [0, 0.1) is 0 Å². The number of carbonyl (C=O) groups is 2. The highest BCUT2D eigenvalue weighted by molar-refractivity contribution is 5.99. The van der Waals surface area contributed by atoms with E-state index in [2.05, 4.69) is 46.2 Å². The molecule has 0 aliphatic carbocycles. The van der Waals surface area contributed by atoms with Crippen LogP contribution in [0.2, 0.25) is 0 Å². The van der Waals surface area contributed by atoms with Gasteiger partial charge in [0.15, 0.2) is 5.72 Å². The molecular formula is C25H26N4O4. The number of amides is 2. The Morgan fingerprint density at radius 3 is 3.00 bits per heavy atom. The number of benzene rings is 2. The molecule has 1 atom stereocenters. The van der Waals surface area contributed by atoms with Crippen molar-refractivity contribution in [2.45, 2.75) is 25.1 Å². The number of piperidine rings is 1. The maximum Gasteiger partial charge on any atom is 0.267 e. The van der Waals surface area contributed by atoms with Gasteiger partial charge in [-0.25, -0.2) is 5.48 Å². The summed E-state index contributed by atoms with van der Waals surface area (Å²) in [4.78, 5) is 26.5. The van der Waals surface area contributed by atoms with E-state index < -0.39 is 11.6 Å². The maximum absolute atomic E-state index is 13.0. The highest BCUT2D eigenvalue weighted by Crippen LogP contribution is 2.34. The lowest BCUT2D eigenvalue weighted by atomic mass is 9.96. The first-order valence-electron chi connectivity index (χ1n) is 11.0. The van der Waals surface area contributed by atoms with E-state index in [1.54, 1.807) is 23.7 Å². The smallest absolute Gasteiger partial charge is 0.267 e. The predicted molar refractivity (Wildman–Crippen MR) is 124 cm³/mol. The van der Waals surface area contributed by atoms with E-state index in [0.717, 1.165) is 25.9 Å². The van der Waals surface area contributed by atoms with Gasteiger partial charge in [0.2, 0.25) is 0 Å². The van der Waals surface area contributed by atoms with Crippen LogP contribution < -0.4 is 15.5 Å². The fourth-order valence-electron chi connectivity index (χ4n) is 4.86. The molecule has 1 aromatic heterocycles. The third-order valence-corrected chi connectivity index (χ3v) is 6.34. The van der Waals surface area contributed by atoms with Crippen molar-refractivity contribution in [3.8, 4) is 5.75 Å². The summed E-state index contributed by atoms with van der Waals surface area (Å²) in [7, 11) is 2.06. The quantitative estimate of drug-likeness (QED) is 0.325. The van der Waals surface area contributed by atoms with Gasteiger partial charge in [0, 0.05) is 43.2 Å². The van der Waals surface area contributed by atoms with Crippen LogP contribution >= 0.6 is 0 Å². The highest BCUT2D eigenvalue weighted by Gasteiger charge is 2.43. The molecule has 5 rings (SSSR count). The van der Waals surface area contributed by atoms with Gasteiger partial charge in [-0.15, -0.1) is 0 Å². The SMILES string of the molecule is Cn1cc(CN2CCCC3(C2)NC(=O)c2cc(/C=C/C(=O)NO)ccc2O3)c2ccccc21. The normalized spacial score (nSPS) is 20.6. The van der Waals surface area contributed by atoms with E-state index in [0.29, 0.717) is 23.4 Å². The Balaban J connectivity index is 1.35. The average molecular weight is 447 g/mol. The minimum Gasteiger partial charge on any atom is -0.466 e. The Morgan fingerprint density at radius 1 is 1.30 bits per heavy atom. The number of aromatic nitrogens is 1. The highest BCUT2D eigenvalue weighted by atomic mass is 16.5. The lowest BCUT2D eigenvalue weighted by Crippen LogP contribution is -2.63. The van der Waals surface area contributed by atoms with Crippen LogP contribution in [0.15, 0.2) is 54.7 Å². The van der Waals surface area contributed by atoms with Gasteiger partial charge >= 0.3 is 0 Å². The van der Waals surface area contributed by atoms with Crippen LogP contribution in [-0.4, -0.2) is 45.3 Å². The molecule has 170 valence electrons. The van der Waals surface area contributed by atoms with Crippen molar-refractivity contribution in [1.29, 1.82) is 0 Å². The van der Waals surface area contributed by atoms with Gasteiger partial charge in [-0.05, 0) is 48.4 Å². The van der Waals surface area contributed by atoms with Gasteiger partial charge in [0.25, 0.3) is 11.8 Å². The number of nitrogens with one attached hydrogen (secondary N) is 2. The summed E-state index contributed by atoms with van der Waals surface area (Å²) in [5.41, 5.74) is 4.33. The molecule has 3 N–H and O–H groups in total. The molecular weight excluding hydrogens is 420 g/mol. The number of aryl methyl sites for hydroxylation is 1. The number of rotatable bonds is 4. The molecule has 8 nitrogen and oxygen atoms in total. The standard InChI is InChI=1S/C25H26N4O4/c1-28-14-18(19-5-2-3-6-21(19)28)15-29-12-4-11-25(16-29)26-24(31)20-13-17(7-9-22(20)33-25)8-10-23(30)27-32/h2-3,5-10,13-14,32H,4,11-12,15-16H2,1H3,(H,26,31)(H,27,30)/b10-8+. The maximum atomic E-state index is 13.0. The van der Waals surface area contributed by atoms with E-state index in [-0.39, 0.29) is 5.91 Å². The van der Waals surface area contributed by atoms with E-state index >= 15 is 0 Å². The van der Waals surface area contributed by atoms with Crippen LogP contribution in [-0.2, 0) is 18.4 Å². The Bertz CT molecular complexity index is 1260. The zero-order chi connectivity index (χ0) is 23.0. The number of para-hydroxylation sites is 1. The molecule has 8 heteroatoms. The van der Waals surface area contributed by atoms with Crippen LogP contribution in [0.4, 0.5) is 0 Å². The molecule has 33 heavy (non-hydrogen) atoms. The number of hydrogen-bond donors (Lipinski definition) is 3. The monoisotopic (exact) mass is 446 g/mol. The number of ether oxygens (including phenoxy) is 1. The lowest BCUT2D eigenvalue weighted by molar-refractivity contribution is -0.124.